The number of aromatic nitrogens is 3. The first-order chi connectivity index (χ1) is 5.68. The Labute approximate surface area is 84.0 Å². The lowest BCUT2D eigenvalue weighted by Gasteiger charge is -1.94. The summed E-state index contributed by atoms with van der Waals surface area (Å²) >= 11 is 2.19. The molecule has 3 nitrogen and oxygen atoms in total. The molecule has 62 valence electrons. The summed E-state index contributed by atoms with van der Waals surface area (Å²) in [4.78, 5) is 8.60. The third kappa shape index (κ3) is 1.10. The van der Waals surface area contributed by atoms with Gasteiger partial charge in [-0.05, 0) is 35.6 Å². The van der Waals surface area contributed by atoms with Crippen LogP contribution >= 0.6 is 22.6 Å². The number of imidazole rings is 1. The highest BCUT2D eigenvalue weighted by Gasteiger charge is 2.03. The Morgan fingerprint density at radius 2 is 2.25 bits per heavy atom. The van der Waals surface area contributed by atoms with Crippen molar-refractivity contribution in [2.45, 2.75) is 6.92 Å². The maximum absolute atomic E-state index is 4.39. The predicted octanol–water partition coefficient (Wildman–Crippen LogP) is 1.88. The second kappa shape index (κ2) is 2.69. The number of hydrogen-bond donors (Lipinski definition) is 0. The fourth-order valence-corrected chi connectivity index (χ4v) is 1.62. The molecular formula is C8H8IN3. The van der Waals surface area contributed by atoms with Crippen molar-refractivity contribution in [2.24, 2.45) is 7.05 Å². The van der Waals surface area contributed by atoms with Gasteiger partial charge in [-0.1, -0.05) is 0 Å². The molecular weight excluding hydrogens is 265 g/mol. The van der Waals surface area contributed by atoms with Gasteiger partial charge in [0.05, 0.1) is 17.2 Å². The Morgan fingerprint density at radius 1 is 1.50 bits per heavy atom. The molecule has 0 unspecified atom stereocenters. The van der Waals surface area contributed by atoms with Crippen molar-refractivity contribution in [2.75, 3.05) is 0 Å². The second-order valence-electron chi connectivity index (χ2n) is 2.71. The zero-order valence-electron chi connectivity index (χ0n) is 6.87. The molecule has 0 aliphatic heterocycles. The molecule has 0 spiro atoms. The van der Waals surface area contributed by atoms with E-state index in [1.807, 2.05) is 30.8 Å². The standard InChI is InChI=1S/C8H8IN3/c1-5-11-6-3-8(9)10-4-7(6)12(5)2/h3-4H,1-2H3. The SMILES string of the molecule is Cc1nc2cc(I)ncc2n1C. The van der Waals surface area contributed by atoms with Crippen LogP contribution in [0.5, 0.6) is 0 Å². The number of aryl methyl sites for hydroxylation is 2. The molecule has 0 aliphatic carbocycles. The Kier molecular flexibility index (Phi) is 1.79. The first-order valence-electron chi connectivity index (χ1n) is 3.63. The number of hydrogen-bond acceptors (Lipinski definition) is 2. The van der Waals surface area contributed by atoms with E-state index in [1.165, 1.54) is 0 Å². The van der Waals surface area contributed by atoms with E-state index < -0.39 is 0 Å². The molecule has 2 aromatic heterocycles. The highest BCUT2D eigenvalue weighted by molar-refractivity contribution is 14.1. The minimum absolute atomic E-state index is 0.984. The highest BCUT2D eigenvalue weighted by atomic mass is 127. The minimum atomic E-state index is 0.984. The van der Waals surface area contributed by atoms with Gasteiger partial charge in [-0.25, -0.2) is 9.97 Å². The molecule has 0 amide bonds. The topological polar surface area (TPSA) is 30.7 Å². The van der Waals surface area contributed by atoms with Crippen molar-refractivity contribution in [3.05, 3.63) is 21.8 Å². The molecule has 2 heterocycles. The van der Waals surface area contributed by atoms with Crippen molar-refractivity contribution in [3.8, 4) is 0 Å². The van der Waals surface area contributed by atoms with E-state index in [-0.39, 0.29) is 0 Å². The summed E-state index contributed by atoms with van der Waals surface area (Å²) in [6, 6.07) is 1.99. The quantitative estimate of drug-likeness (QED) is 0.542. The average Bonchev–Trinajstić information content (AvgIpc) is 2.28. The van der Waals surface area contributed by atoms with Gasteiger partial charge < -0.3 is 4.57 Å². The molecule has 0 aliphatic rings. The molecule has 0 atom stereocenters. The molecule has 2 aromatic rings. The maximum Gasteiger partial charge on any atom is 0.106 e. The molecule has 0 bridgehead atoms. The van der Waals surface area contributed by atoms with Gasteiger partial charge in [-0.15, -0.1) is 0 Å². The number of halogens is 1. The van der Waals surface area contributed by atoms with Crippen LogP contribution in [0.1, 0.15) is 5.82 Å². The van der Waals surface area contributed by atoms with E-state index in [2.05, 4.69) is 32.6 Å². The molecule has 0 saturated heterocycles. The molecule has 4 heteroatoms. The van der Waals surface area contributed by atoms with Crippen LogP contribution in [0.2, 0.25) is 0 Å². The van der Waals surface area contributed by atoms with Crippen LogP contribution in [0, 0.1) is 10.6 Å². The Bertz CT molecular complexity index is 433. The predicted molar refractivity (Wildman–Crippen MR) is 56.0 cm³/mol. The molecule has 0 fully saturated rings. The van der Waals surface area contributed by atoms with E-state index in [0.717, 1.165) is 20.6 Å². The summed E-state index contributed by atoms with van der Waals surface area (Å²) in [5.41, 5.74) is 2.11. The molecule has 0 radical (unpaired) electrons. The Hall–Kier alpha value is -0.650. The van der Waals surface area contributed by atoms with Gasteiger partial charge in [0.1, 0.15) is 9.53 Å². The number of rotatable bonds is 0. The van der Waals surface area contributed by atoms with Crippen molar-refractivity contribution in [1.82, 2.24) is 14.5 Å². The lowest BCUT2D eigenvalue weighted by molar-refractivity contribution is 0.884. The summed E-state index contributed by atoms with van der Waals surface area (Å²) in [6.45, 7) is 1.99. The van der Waals surface area contributed by atoms with Crippen molar-refractivity contribution in [1.29, 1.82) is 0 Å². The van der Waals surface area contributed by atoms with E-state index in [4.69, 9.17) is 0 Å². The van der Waals surface area contributed by atoms with Crippen LogP contribution in [0.25, 0.3) is 11.0 Å². The van der Waals surface area contributed by atoms with Gasteiger partial charge in [0.2, 0.25) is 0 Å². The summed E-state index contributed by atoms with van der Waals surface area (Å²) in [5, 5.41) is 0. The fraction of sp³-hybridized carbons (Fsp3) is 0.250. The summed E-state index contributed by atoms with van der Waals surface area (Å²) in [6.07, 6.45) is 1.86. The average molecular weight is 273 g/mol. The van der Waals surface area contributed by atoms with E-state index in [9.17, 15) is 0 Å². The van der Waals surface area contributed by atoms with Gasteiger partial charge in [-0.3, -0.25) is 0 Å². The second-order valence-corrected chi connectivity index (χ2v) is 3.82. The Balaban J connectivity index is 2.87. The third-order valence-corrected chi connectivity index (χ3v) is 2.55. The monoisotopic (exact) mass is 273 g/mol. The van der Waals surface area contributed by atoms with Crippen LogP contribution in [-0.2, 0) is 7.05 Å². The lowest BCUT2D eigenvalue weighted by atomic mass is 10.4. The van der Waals surface area contributed by atoms with Gasteiger partial charge in [0, 0.05) is 7.05 Å². The molecule has 0 N–H and O–H groups in total. The number of fused-ring (bicyclic) bond motifs is 1. The molecule has 0 saturated carbocycles. The lowest BCUT2D eigenvalue weighted by Crippen LogP contribution is -1.90. The van der Waals surface area contributed by atoms with Crippen LogP contribution < -0.4 is 0 Å². The fourth-order valence-electron chi connectivity index (χ4n) is 1.18. The smallest absolute Gasteiger partial charge is 0.106 e. The summed E-state index contributed by atoms with van der Waals surface area (Å²) < 4.78 is 3.02. The minimum Gasteiger partial charge on any atom is -0.330 e. The van der Waals surface area contributed by atoms with Crippen LogP contribution in [0.3, 0.4) is 0 Å². The maximum atomic E-state index is 4.39. The highest BCUT2D eigenvalue weighted by Crippen LogP contribution is 2.14. The number of nitrogens with zero attached hydrogens (tertiary/aromatic N) is 3. The third-order valence-electron chi connectivity index (χ3n) is 1.96. The van der Waals surface area contributed by atoms with Gasteiger partial charge in [0.25, 0.3) is 0 Å². The van der Waals surface area contributed by atoms with Gasteiger partial charge >= 0.3 is 0 Å². The number of pyridine rings is 1. The zero-order chi connectivity index (χ0) is 8.72. The van der Waals surface area contributed by atoms with Gasteiger partial charge in [-0.2, -0.15) is 0 Å². The van der Waals surface area contributed by atoms with Crippen molar-refractivity contribution >= 4 is 33.6 Å². The van der Waals surface area contributed by atoms with Crippen LogP contribution in [0.15, 0.2) is 12.3 Å². The van der Waals surface area contributed by atoms with Crippen molar-refractivity contribution in [3.63, 3.8) is 0 Å². The largest absolute Gasteiger partial charge is 0.330 e. The molecule has 12 heavy (non-hydrogen) atoms. The van der Waals surface area contributed by atoms with E-state index in [0.29, 0.717) is 0 Å². The Morgan fingerprint density at radius 3 is 3.00 bits per heavy atom. The van der Waals surface area contributed by atoms with Gasteiger partial charge in [0.15, 0.2) is 0 Å². The van der Waals surface area contributed by atoms with Crippen molar-refractivity contribution < 1.29 is 0 Å². The van der Waals surface area contributed by atoms with E-state index >= 15 is 0 Å². The first kappa shape index (κ1) is 7.97. The normalized spacial score (nSPS) is 10.9. The molecule has 0 aromatic carbocycles. The molecule has 2 rings (SSSR count). The summed E-state index contributed by atoms with van der Waals surface area (Å²) in [5.74, 6) is 1.02. The van der Waals surface area contributed by atoms with Crippen LogP contribution in [-0.4, -0.2) is 14.5 Å². The summed E-state index contributed by atoms with van der Waals surface area (Å²) in [7, 11) is 2.00. The zero-order valence-corrected chi connectivity index (χ0v) is 9.03. The first-order valence-corrected chi connectivity index (χ1v) is 4.71. The van der Waals surface area contributed by atoms with E-state index in [1.54, 1.807) is 0 Å². The van der Waals surface area contributed by atoms with Crippen LogP contribution in [0.4, 0.5) is 0 Å².